The average molecular weight is 877 g/mol. The van der Waals surface area contributed by atoms with Crippen molar-refractivity contribution in [3.05, 3.63) is 194 Å². The van der Waals surface area contributed by atoms with Crippen LogP contribution >= 0.6 is 22.7 Å². The van der Waals surface area contributed by atoms with Crippen LogP contribution in [0.2, 0.25) is 0 Å². The fourth-order valence-electron chi connectivity index (χ4n) is 10.4. The molecule has 7 heteroatoms. The van der Waals surface area contributed by atoms with Crippen LogP contribution in [0.5, 0.6) is 0 Å². The lowest BCUT2D eigenvalue weighted by Crippen LogP contribution is -2.02. The van der Waals surface area contributed by atoms with Crippen molar-refractivity contribution in [2.24, 2.45) is 0 Å². The number of furan rings is 1. The molecule has 0 saturated carbocycles. The van der Waals surface area contributed by atoms with E-state index in [1.165, 1.54) is 51.1 Å². The lowest BCUT2D eigenvalue weighted by molar-refractivity contribution is 0.670. The average Bonchev–Trinajstić information content (AvgIpc) is 4.13. The Balaban J connectivity index is 1.09. The molecule has 0 aliphatic carbocycles. The lowest BCUT2D eigenvalue weighted by atomic mass is 10.0. The third-order valence-electron chi connectivity index (χ3n) is 13.4. The van der Waals surface area contributed by atoms with Crippen molar-refractivity contribution >= 4 is 128 Å². The fourth-order valence-corrected chi connectivity index (χ4v) is 12.7. The molecule has 66 heavy (non-hydrogen) atoms. The summed E-state index contributed by atoms with van der Waals surface area (Å²) in [5.41, 5.74) is 7.52. The summed E-state index contributed by atoms with van der Waals surface area (Å²) in [6.45, 7) is 0. The van der Waals surface area contributed by atoms with Gasteiger partial charge in [-0.3, -0.25) is 0 Å². The third kappa shape index (κ3) is 5.23. The molecule has 5 nitrogen and oxygen atoms in total. The van der Waals surface area contributed by atoms with Crippen LogP contribution < -0.4 is 0 Å². The number of rotatable bonds is 4. The Bertz CT molecular complexity index is 4420. The van der Waals surface area contributed by atoms with Crippen LogP contribution in [0.15, 0.2) is 199 Å². The highest BCUT2D eigenvalue weighted by molar-refractivity contribution is 7.26. The minimum absolute atomic E-state index is 0.546. The summed E-state index contributed by atoms with van der Waals surface area (Å²) in [5.74, 6) is 1.78. The minimum atomic E-state index is 0.546. The SMILES string of the molecule is c1ccc2cc3c(cc2c1)oc1c(-c2nc(-c4cccc5sc6ccccc6c45)nc(-c4cccc5sc6ccccc6c45)n2)cc(-n2c4ccccc4c4cc5ccccc5cc42)cc13. The Morgan fingerprint density at radius 2 is 0.848 bits per heavy atom. The van der Waals surface area contributed by atoms with Crippen LogP contribution in [0, 0.1) is 0 Å². The van der Waals surface area contributed by atoms with Gasteiger partial charge in [0.25, 0.3) is 0 Å². The van der Waals surface area contributed by atoms with Gasteiger partial charge >= 0.3 is 0 Å². The molecule has 5 aromatic heterocycles. The van der Waals surface area contributed by atoms with E-state index in [1.807, 2.05) is 0 Å². The summed E-state index contributed by atoms with van der Waals surface area (Å²) in [5, 5.41) is 13.8. The van der Waals surface area contributed by atoms with Gasteiger partial charge in [0.1, 0.15) is 11.2 Å². The third-order valence-corrected chi connectivity index (χ3v) is 15.7. The smallest absolute Gasteiger partial charge is 0.167 e. The number of hydrogen-bond donors (Lipinski definition) is 0. The van der Waals surface area contributed by atoms with E-state index in [1.54, 1.807) is 22.7 Å². The number of aromatic nitrogens is 4. The zero-order chi connectivity index (χ0) is 43.0. The van der Waals surface area contributed by atoms with Gasteiger partial charge < -0.3 is 8.98 Å². The van der Waals surface area contributed by atoms with Crippen molar-refractivity contribution in [3.63, 3.8) is 0 Å². The van der Waals surface area contributed by atoms with E-state index in [-0.39, 0.29) is 0 Å². The summed E-state index contributed by atoms with van der Waals surface area (Å²) >= 11 is 3.59. The Morgan fingerprint density at radius 1 is 0.348 bits per heavy atom. The summed E-state index contributed by atoms with van der Waals surface area (Å²) in [6.07, 6.45) is 0. The van der Waals surface area contributed by atoms with Gasteiger partial charge in [-0.25, -0.2) is 15.0 Å². The molecule has 0 amide bonds. The molecule has 0 atom stereocenters. The first kappa shape index (κ1) is 36.1. The van der Waals surface area contributed by atoms with Crippen LogP contribution in [0.1, 0.15) is 0 Å². The minimum Gasteiger partial charge on any atom is -0.455 e. The van der Waals surface area contributed by atoms with E-state index < -0.39 is 0 Å². The molecule has 15 aromatic rings. The van der Waals surface area contributed by atoms with Crippen molar-refractivity contribution < 1.29 is 4.42 Å². The first-order valence-corrected chi connectivity index (χ1v) is 23.7. The Hall–Kier alpha value is -8.23. The van der Waals surface area contributed by atoms with Crippen molar-refractivity contribution in [1.29, 1.82) is 0 Å². The number of fused-ring (bicyclic) bond motifs is 14. The van der Waals surface area contributed by atoms with Gasteiger partial charge in [-0.2, -0.15) is 0 Å². The Labute approximate surface area is 384 Å². The molecule has 15 rings (SSSR count). The van der Waals surface area contributed by atoms with Crippen molar-refractivity contribution in [1.82, 2.24) is 19.5 Å². The van der Waals surface area contributed by atoms with E-state index in [2.05, 4.69) is 199 Å². The Morgan fingerprint density at radius 3 is 1.48 bits per heavy atom. The van der Waals surface area contributed by atoms with E-state index in [0.29, 0.717) is 17.5 Å². The quantitative estimate of drug-likeness (QED) is 0.177. The largest absolute Gasteiger partial charge is 0.455 e. The van der Waals surface area contributed by atoms with E-state index in [9.17, 15) is 0 Å². The second kappa shape index (κ2) is 13.6. The van der Waals surface area contributed by atoms with Crippen molar-refractivity contribution in [2.75, 3.05) is 0 Å². The molecule has 0 N–H and O–H groups in total. The van der Waals surface area contributed by atoms with Crippen molar-refractivity contribution in [3.8, 4) is 39.9 Å². The number of thiophene rings is 2. The molecule has 0 aliphatic heterocycles. The summed E-state index contributed by atoms with van der Waals surface area (Å²) in [4.78, 5) is 16.6. The van der Waals surface area contributed by atoms with Crippen LogP contribution in [0.25, 0.3) is 145 Å². The van der Waals surface area contributed by atoms with E-state index >= 15 is 0 Å². The van der Waals surface area contributed by atoms with Crippen molar-refractivity contribution in [2.45, 2.75) is 0 Å². The zero-order valence-electron chi connectivity index (χ0n) is 35.0. The molecular weight excluding hydrogens is 845 g/mol. The number of benzene rings is 10. The lowest BCUT2D eigenvalue weighted by Gasteiger charge is -2.13. The first-order chi connectivity index (χ1) is 32.7. The molecule has 0 radical (unpaired) electrons. The zero-order valence-corrected chi connectivity index (χ0v) is 36.6. The molecule has 0 bridgehead atoms. The molecule has 0 fully saturated rings. The fraction of sp³-hybridized carbons (Fsp3) is 0. The van der Waals surface area contributed by atoms with Crippen LogP contribution in [-0.4, -0.2) is 19.5 Å². The molecule has 306 valence electrons. The highest BCUT2D eigenvalue weighted by atomic mass is 32.1. The van der Waals surface area contributed by atoms with Crippen LogP contribution in [0.4, 0.5) is 0 Å². The predicted molar refractivity (Wildman–Crippen MR) is 279 cm³/mol. The molecule has 0 unspecified atom stereocenters. The van der Waals surface area contributed by atoms with E-state index in [4.69, 9.17) is 19.4 Å². The molecule has 0 saturated heterocycles. The normalized spacial score (nSPS) is 12.2. The molecule has 0 aliphatic rings. The highest BCUT2D eigenvalue weighted by Gasteiger charge is 2.24. The summed E-state index contributed by atoms with van der Waals surface area (Å²) in [7, 11) is 0. The second-order valence-corrected chi connectivity index (χ2v) is 19.3. The van der Waals surface area contributed by atoms with Gasteiger partial charge in [-0.15, -0.1) is 22.7 Å². The predicted octanol–water partition coefficient (Wildman–Crippen LogP) is 16.9. The maximum Gasteiger partial charge on any atom is 0.167 e. The Kier molecular flexibility index (Phi) is 7.47. The topological polar surface area (TPSA) is 56.7 Å². The van der Waals surface area contributed by atoms with Crippen LogP contribution in [0.3, 0.4) is 0 Å². The van der Waals surface area contributed by atoms with Gasteiger partial charge in [-0.05, 0) is 88.3 Å². The monoisotopic (exact) mass is 876 g/mol. The summed E-state index contributed by atoms with van der Waals surface area (Å²) in [6, 6.07) is 69.6. The highest BCUT2D eigenvalue weighted by Crippen LogP contribution is 2.45. The standard InChI is InChI=1S/C59H32N4OS2/c1-3-15-35-29-48-43(27-33(35)13-1)38-17-5-8-22-47(38)63(48)37-31-45-44-28-34-14-2-4-16-36(34)30-49(44)64-56(45)46(32-37)59-61-57(41-20-11-25-52-54(41)39-18-6-9-23-50(39)65-52)60-58(62-59)42-21-12-26-53-55(42)40-19-7-10-24-51(40)66-53/h1-32H. The maximum absolute atomic E-state index is 7.07. The molecular formula is C59H32N4OS2. The molecule has 0 spiro atoms. The maximum atomic E-state index is 7.07. The van der Waals surface area contributed by atoms with E-state index in [0.717, 1.165) is 76.9 Å². The molecule has 5 heterocycles. The van der Waals surface area contributed by atoms with Gasteiger partial charge in [0.05, 0.1) is 16.6 Å². The second-order valence-electron chi connectivity index (χ2n) is 17.1. The first-order valence-electron chi connectivity index (χ1n) is 22.1. The van der Waals surface area contributed by atoms with Gasteiger partial charge in [0.2, 0.25) is 0 Å². The number of para-hydroxylation sites is 1. The summed E-state index contributed by atoms with van der Waals surface area (Å²) < 4.78 is 14.3. The molecule has 10 aromatic carbocycles. The number of nitrogens with zero attached hydrogens (tertiary/aromatic N) is 4. The van der Waals surface area contributed by atoms with Crippen LogP contribution in [-0.2, 0) is 0 Å². The number of hydrogen-bond acceptors (Lipinski definition) is 6. The van der Waals surface area contributed by atoms with Gasteiger partial charge in [0, 0.05) is 78.7 Å². The van der Waals surface area contributed by atoms with Gasteiger partial charge in [-0.1, -0.05) is 127 Å². The van der Waals surface area contributed by atoms with Gasteiger partial charge in [0.15, 0.2) is 17.5 Å².